The number of carbonyl (C=O) groups excluding carboxylic acids is 1. The smallest absolute Gasteiger partial charge is 0.237 e. The van der Waals surface area contributed by atoms with Crippen LogP contribution in [0.4, 0.5) is 0 Å². The minimum Gasteiger partial charge on any atom is -0.493 e. The van der Waals surface area contributed by atoms with Crippen LogP contribution in [0, 0.1) is 0 Å². The molecule has 1 saturated heterocycles. The molecule has 2 N–H and O–H groups in total. The summed E-state index contributed by atoms with van der Waals surface area (Å²) in [5.74, 6) is 1.62. The highest BCUT2D eigenvalue weighted by molar-refractivity contribution is 5.85. The first-order valence-corrected chi connectivity index (χ1v) is 9.55. The maximum absolute atomic E-state index is 12.4. The lowest BCUT2D eigenvalue weighted by Gasteiger charge is -2.25. The summed E-state index contributed by atoms with van der Waals surface area (Å²) in [7, 11) is 1.66. The molecule has 1 aliphatic heterocycles. The van der Waals surface area contributed by atoms with Crippen molar-refractivity contribution in [3.8, 4) is 11.5 Å². The molecule has 6 heteroatoms. The van der Waals surface area contributed by atoms with Crippen LogP contribution in [0.3, 0.4) is 0 Å². The van der Waals surface area contributed by atoms with E-state index in [1.165, 1.54) is 12.8 Å². The summed E-state index contributed by atoms with van der Waals surface area (Å²) >= 11 is 0. The van der Waals surface area contributed by atoms with E-state index in [0.717, 1.165) is 55.7 Å². The molecule has 1 amide bonds. The number of halogens is 1. The third-order valence-corrected chi connectivity index (χ3v) is 5.27. The van der Waals surface area contributed by atoms with Crippen LogP contribution in [-0.4, -0.2) is 31.7 Å². The zero-order valence-electron chi connectivity index (χ0n) is 15.8. The molecule has 1 aromatic carbocycles. The molecular formula is C20H31ClN2O3. The van der Waals surface area contributed by atoms with Gasteiger partial charge in [-0.05, 0) is 69.7 Å². The van der Waals surface area contributed by atoms with Gasteiger partial charge in [-0.3, -0.25) is 4.79 Å². The number of benzene rings is 1. The summed E-state index contributed by atoms with van der Waals surface area (Å²) in [5.41, 5.74) is 1.03. The zero-order chi connectivity index (χ0) is 17.6. The average Bonchev–Trinajstić information content (AvgIpc) is 3.15. The third kappa shape index (κ3) is 5.27. The summed E-state index contributed by atoms with van der Waals surface area (Å²) in [6.07, 6.45) is 8.19. The Balaban J connectivity index is 0.00000243. The van der Waals surface area contributed by atoms with Crippen LogP contribution in [-0.2, 0) is 4.79 Å². The van der Waals surface area contributed by atoms with Gasteiger partial charge in [-0.2, -0.15) is 0 Å². The first-order valence-electron chi connectivity index (χ1n) is 9.55. The molecule has 0 radical (unpaired) electrons. The van der Waals surface area contributed by atoms with Crippen molar-refractivity contribution in [2.24, 2.45) is 0 Å². The van der Waals surface area contributed by atoms with Crippen molar-refractivity contribution in [2.75, 3.05) is 13.7 Å². The van der Waals surface area contributed by atoms with Crippen molar-refractivity contribution in [3.63, 3.8) is 0 Å². The molecule has 146 valence electrons. The van der Waals surface area contributed by atoms with E-state index in [1.807, 2.05) is 25.1 Å². The first-order chi connectivity index (χ1) is 12.2. The van der Waals surface area contributed by atoms with E-state index in [4.69, 9.17) is 9.47 Å². The van der Waals surface area contributed by atoms with E-state index in [-0.39, 0.29) is 30.4 Å². The van der Waals surface area contributed by atoms with Crippen LogP contribution < -0.4 is 20.1 Å². The van der Waals surface area contributed by atoms with E-state index in [0.29, 0.717) is 6.10 Å². The Labute approximate surface area is 162 Å². The number of methoxy groups -OCH3 is 1. The van der Waals surface area contributed by atoms with Gasteiger partial charge >= 0.3 is 0 Å². The van der Waals surface area contributed by atoms with Crippen LogP contribution in [0.1, 0.15) is 63.5 Å². The fourth-order valence-corrected chi connectivity index (χ4v) is 3.71. The van der Waals surface area contributed by atoms with Gasteiger partial charge in [0.1, 0.15) is 0 Å². The van der Waals surface area contributed by atoms with E-state index in [9.17, 15) is 4.79 Å². The number of hydrogen-bond acceptors (Lipinski definition) is 4. The number of ether oxygens (including phenoxy) is 2. The summed E-state index contributed by atoms with van der Waals surface area (Å²) in [6.45, 7) is 2.93. The molecule has 1 saturated carbocycles. The van der Waals surface area contributed by atoms with Crippen LogP contribution in [0.2, 0.25) is 0 Å². The molecule has 26 heavy (non-hydrogen) atoms. The molecule has 2 fully saturated rings. The minimum absolute atomic E-state index is 0. The minimum atomic E-state index is -0.0666. The van der Waals surface area contributed by atoms with Crippen molar-refractivity contribution in [3.05, 3.63) is 23.8 Å². The van der Waals surface area contributed by atoms with Crippen molar-refractivity contribution in [1.29, 1.82) is 0 Å². The SMILES string of the molecule is COc1cc(C(C)NC(=O)C2CCCCN2)ccc1OC1CCCC1.Cl. The molecule has 1 aliphatic carbocycles. The normalized spacial score (nSPS) is 21.5. The lowest BCUT2D eigenvalue weighted by Crippen LogP contribution is -2.47. The fourth-order valence-electron chi connectivity index (χ4n) is 3.71. The van der Waals surface area contributed by atoms with Crippen LogP contribution >= 0.6 is 12.4 Å². The van der Waals surface area contributed by atoms with Gasteiger partial charge in [0.2, 0.25) is 5.91 Å². The predicted octanol–water partition coefficient (Wildman–Crippen LogP) is 3.76. The number of nitrogens with one attached hydrogen (secondary N) is 2. The van der Waals surface area contributed by atoms with E-state index in [1.54, 1.807) is 7.11 Å². The van der Waals surface area contributed by atoms with Crippen molar-refractivity contribution < 1.29 is 14.3 Å². The summed E-state index contributed by atoms with van der Waals surface area (Å²) in [5, 5.41) is 6.40. The number of hydrogen-bond donors (Lipinski definition) is 2. The second-order valence-electron chi connectivity index (χ2n) is 7.17. The Morgan fingerprint density at radius 2 is 1.88 bits per heavy atom. The second-order valence-corrected chi connectivity index (χ2v) is 7.17. The highest BCUT2D eigenvalue weighted by Gasteiger charge is 2.23. The monoisotopic (exact) mass is 382 g/mol. The Bertz CT molecular complexity index is 584. The molecule has 3 rings (SSSR count). The second kappa shape index (κ2) is 10.0. The Morgan fingerprint density at radius 3 is 2.54 bits per heavy atom. The molecule has 5 nitrogen and oxygen atoms in total. The third-order valence-electron chi connectivity index (χ3n) is 5.27. The summed E-state index contributed by atoms with van der Waals surface area (Å²) in [6, 6.07) is 5.83. The molecule has 2 unspecified atom stereocenters. The van der Waals surface area contributed by atoms with Gasteiger partial charge in [-0.1, -0.05) is 12.5 Å². The number of piperidine rings is 1. The molecule has 1 heterocycles. The maximum Gasteiger partial charge on any atom is 0.237 e. The van der Waals surface area contributed by atoms with Crippen LogP contribution in [0.15, 0.2) is 18.2 Å². The summed E-state index contributed by atoms with van der Waals surface area (Å²) < 4.78 is 11.6. The molecule has 2 aliphatic rings. The van der Waals surface area contributed by atoms with Crippen molar-refractivity contribution in [2.45, 2.75) is 70.1 Å². The quantitative estimate of drug-likeness (QED) is 0.786. The highest BCUT2D eigenvalue weighted by Crippen LogP contribution is 2.33. The van der Waals surface area contributed by atoms with Crippen molar-refractivity contribution >= 4 is 18.3 Å². The molecule has 2 atom stereocenters. The average molecular weight is 383 g/mol. The number of rotatable bonds is 6. The van der Waals surface area contributed by atoms with E-state index in [2.05, 4.69) is 10.6 Å². The highest BCUT2D eigenvalue weighted by atomic mass is 35.5. The van der Waals surface area contributed by atoms with Gasteiger partial charge in [-0.15, -0.1) is 12.4 Å². The van der Waals surface area contributed by atoms with Crippen LogP contribution in [0.25, 0.3) is 0 Å². The van der Waals surface area contributed by atoms with Crippen molar-refractivity contribution in [1.82, 2.24) is 10.6 Å². The Kier molecular flexibility index (Phi) is 8.04. The molecule has 1 aromatic rings. The largest absolute Gasteiger partial charge is 0.493 e. The van der Waals surface area contributed by atoms with Gasteiger partial charge in [0.25, 0.3) is 0 Å². The van der Waals surface area contributed by atoms with Gasteiger partial charge in [0.05, 0.1) is 25.3 Å². The van der Waals surface area contributed by atoms with Gasteiger partial charge in [-0.25, -0.2) is 0 Å². The lowest BCUT2D eigenvalue weighted by atomic mass is 10.0. The first kappa shape index (κ1) is 20.8. The van der Waals surface area contributed by atoms with E-state index < -0.39 is 0 Å². The molecular weight excluding hydrogens is 352 g/mol. The predicted molar refractivity (Wildman–Crippen MR) is 105 cm³/mol. The Hall–Kier alpha value is -1.46. The van der Waals surface area contributed by atoms with E-state index >= 15 is 0 Å². The molecule has 0 aromatic heterocycles. The molecule has 0 spiro atoms. The lowest BCUT2D eigenvalue weighted by molar-refractivity contribution is -0.124. The Morgan fingerprint density at radius 1 is 1.15 bits per heavy atom. The molecule has 0 bridgehead atoms. The number of amides is 1. The maximum atomic E-state index is 12.4. The standard InChI is InChI=1S/C20H30N2O3.ClH/c1-14(22-20(23)17-9-5-6-12-21-17)15-10-11-18(19(13-15)24-2)25-16-7-3-4-8-16;/h10-11,13-14,16-17,21H,3-9,12H2,1-2H3,(H,22,23);1H. The van der Waals surface area contributed by atoms with Gasteiger partial charge in [0, 0.05) is 0 Å². The van der Waals surface area contributed by atoms with Gasteiger partial charge in [0.15, 0.2) is 11.5 Å². The topological polar surface area (TPSA) is 59.6 Å². The van der Waals surface area contributed by atoms with Crippen LogP contribution in [0.5, 0.6) is 11.5 Å². The number of carbonyl (C=O) groups is 1. The fraction of sp³-hybridized carbons (Fsp3) is 0.650. The van der Waals surface area contributed by atoms with Gasteiger partial charge < -0.3 is 20.1 Å². The summed E-state index contributed by atoms with van der Waals surface area (Å²) in [4.78, 5) is 12.4. The zero-order valence-corrected chi connectivity index (χ0v) is 16.6.